The second kappa shape index (κ2) is 5.29. The number of thiazole rings is 1. The first kappa shape index (κ1) is 12.0. The van der Waals surface area contributed by atoms with Crippen LogP contribution in [-0.2, 0) is 6.42 Å². The third-order valence-electron chi connectivity index (χ3n) is 2.71. The highest BCUT2D eigenvalue weighted by Gasteiger charge is 2.11. The van der Waals surface area contributed by atoms with Gasteiger partial charge in [-0.3, -0.25) is 4.98 Å². The van der Waals surface area contributed by atoms with E-state index < -0.39 is 0 Å². The Morgan fingerprint density at radius 2 is 2.05 bits per heavy atom. The van der Waals surface area contributed by atoms with Crippen LogP contribution in [0.25, 0.3) is 22.2 Å². The molecule has 0 spiro atoms. The van der Waals surface area contributed by atoms with Gasteiger partial charge < -0.3 is 10.3 Å². The average Bonchev–Trinajstić information content (AvgIpc) is 3.11. The number of hydrogen-bond donors (Lipinski definition) is 1. The second-order valence-corrected chi connectivity index (χ2v) is 4.91. The van der Waals surface area contributed by atoms with E-state index in [0.29, 0.717) is 18.3 Å². The predicted octanol–water partition coefficient (Wildman–Crippen LogP) is 2.36. The maximum atomic E-state index is 5.52. The maximum Gasteiger partial charge on any atom is 0.258 e. The Labute approximate surface area is 114 Å². The Bertz CT molecular complexity index is 646. The molecule has 0 amide bonds. The normalized spacial score (nSPS) is 10.8. The summed E-state index contributed by atoms with van der Waals surface area (Å²) >= 11 is 1.48. The Balaban J connectivity index is 1.86. The van der Waals surface area contributed by atoms with Gasteiger partial charge in [-0.1, -0.05) is 17.3 Å². The molecule has 0 atom stereocenters. The minimum atomic E-state index is 0.516. The Kier molecular flexibility index (Phi) is 3.35. The number of nitrogens with two attached hydrogens (primary N) is 1. The highest BCUT2D eigenvalue weighted by atomic mass is 32.1. The van der Waals surface area contributed by atoms with E-state index in [1.807, 2.05) is 24.3 Å². The molecule has 2 heterocycles. The average molecular weight is 272 g/mol. The zero-order chi connectivity index (χ0) is 13.1. The maximum absolute atomic E-state index is 5.52. The summed E-state index contributed by atoms with van der Waals surface area (Å²) in [7, 11) is 0. The second-order valence-electron chi connectivity index (χ2n) is 4.02. The van der Waals surface area contributed by atoms with Gasteiger partial charge in [-0.15, -0.1) is 11.3 Å². The summed E-state index contributed by atoms with van der Waals surface area (Å²) in [5.74, 6) is 1.09. The number of rotatable bonds is 4. The molecule has 0 bridgehead atoms. The van der Waals surface area contributed by atoms with E-state index in [9.17, 15) is 0 Å². The lowest BCUT2D eigenvalue weighted by molar-refractivity contribution is 0.432. The van der Waals surface area contributed by atoms with Crippen LogP contribution in [0.4, 0.5) is 0 Å². The van der Waals surface area contributed by atoms with Crippen LogP contribution in [0.2, 0.25) is 0 Å². The van der Waals surface area contributed by atoms with Gasteiger partial charge in [0.25, 0.3) is 5.89 Å². The summed E-state index contributed by atoms with van der Waals surface area (Å²) in [6, 6.07) is 7.99. The molecule has 96 valence electrons. The molecule has 5 nitrogen and oxygen atoms in total. The summed E-state index contributed by atoms with van der Waals surface area (Å²) in [6.07, 6.45) is 2.60. The van der Waals surface area contributed by atoms with Gasteiger partial charge in [0.15, 0.2) is 0 Å². The Morgan fingerprint density at radius 3 is 2.74 bits per heavy atom. The minimum Gasteiger partial charge on any atom is -0.334 e. The van der Waals surface area contributed by atoms with Gasteiger partial charge in [-0.05, 0) is 30.7 Å². The van der Waals surface area contributed by atoms with Crippen LogP contribution >= 0.6 is 11.3 Å². The van der Waals surface area contributed by atoms with Crippen molar-refractivity contribution in [3.63, 3.8) is 0 Å². The van der Waals surface area contributed by atoms with Gasteiger partial charge in [-0.2, -0.15) is 4.98 Å². The quantitative estimate of drug-likeness (QED) is 0.788. The highest BCUT2D eigenvalue weighted by Crippen LogP contribution is 2.24. The fraction of sp³-hybridized carbons (Fsp3) is 0.154. The van der Waals surface area contributed by atoms with Crippen molar-refractivity contribution in [2.24, 2.45) is 5.73 Å². The third-order valence-corrected chi connectivity index (χ3v) is 3.48. The summed E-state index contributed by atoms with van der Waals surface area (Å²) < 4.78 is 5.27. The van der Waals surface area contributed by atoms with Crippen LogP contribution in [0.15, 0.2) is 40.5 Å². The lowest BCUT2D eigenvalue weighted by atomic mass is 10.1. The molecule has 1 aromatic carbocycles. The molecule has 2 N–H and O–H groups in total. The summed E-state index contributed by atoms with van der Waals surface area (Å²) in [5, 5.41) is 3.96. The van der Waals surface area contributed by atoms with Gasteiger partial charge in [-0.25, -0.2) is 0 Å². The zero-order valence-electron chi connectivity index (χ0n) is 10.1. The van der Waals surface area contributed by atoms with Crippen LogP contribution < -0.4 is 5.73 Å². The molecule has 0 radical (unpaired) electrons. The molecule has 0 aliphatic carbocycles. The fourth-order valence-electron chi connectivity index (χ4n) is 1.75. The van der Waals surface area contributed by atoms with Gasteiger partial charge in [0.1, 0.15) is 0 Å². The van der Waals surface area contributed by atoms with Gasteiger partial charge in [0.2, 0.25) is 5.82 Å². The molecule has 0 unspecified atom stereocenters. The largest absolute Gasteiger partial charge is 0.334 e. The first-order valence-electron chi connectivity index (χ1n) is 5.89. The van der Waals surface area contributed by atoms with Gasteiger partial charge >= 0.3 is 0 Å². The van der Waals surface area contributed by atoms with Crippen molar-refractivity contribution in [1.29, 1.82) is 0 Å². The van der Waals surface area contributed by atoms with E-state index >= 15 is 0 Å². The zero-order valence-corrected chi connectivity index (χ0v) is 10.9. The van der Waals surface area contributed by atoms with Crippen molar-refractivity contribution in [2.75, 3.05) is 6.54 Å². The van der Waals surface area contributed by atoms with Crippen LogP contribution in [0.5, 0.6) is 0 Å². The minimum absolute atomic E-state index is 0.516. The summed E-state index contributed by atoms with van der Waals surface area (Å²) in [4.78, 5) is 9.26. The molecule has 19 heavy (non-hydrogen) atoms. The topological polar surface area (TPSA) is 77.8 Å². The predicted molar refractivity (Wildman–Crippen MR) is 73.6 cm³/mol. The molecule has 0 saturated heterocycles. The van der Waals surface area contributed by atoms with E-state index in [1.54, 1.807) is 11.7 Å². The number of hydrogen-bond acceptors (Lipinski definition) is 6. The molecule has 6 heteroatoms. The Morgan fingerprint density at radius 1 is 1.21 bits per heavy atom. The van der Waals surface area contributed by atoms with Crippen molar-refractivity contribution in [3.05, 3.63) is 41.5 Å². The van der Waals surface area contributed by atoms with Gasteiger partial charge in [0, 0.05) is 11.8 Å². The molecule has 3 rings (SSSR count). The first-order chi connectivity index (χ1) is 9.36. The van der Waals surface area contributed by atoms with E-state index in [0.717, 1.165) is 16.9 Å². The van der Waals surface area contributed by atoms with Crippen LogP contribution in [0.3, 0.4) is 0 Å². The highest BCUT2D eigenvalue weighted by molar-refractivity contribution is 7.13. The number of benzene rings is 1. The number of aromatic nitrogens is 3. The SMILES string of the molecule is NCCc1ccc(-c2nc(-c3cncs3)no2)cc1. The van der Waals surface area contributed by atoms with E-state index in [-0.39, 0.29) is 0 Å². The monoisotopic (exact) mass is 272 g/mol. The van der Waals surface area contributed by atoms with Gasteiger partial charge in [0.05, 0.1) is 10.4 Å². The molecule has 0 fully saturated rings. The van der Waals surface area contributed by atoms with Crippen molar-refractivity contribution in [3.8, 4) is 22.2 Å². The smallest absolute Gasteiger partial charge is 0.258 e. The van der Waals surface area contributed by atoms with Crippen LogP contribution in [0, 0.1) is 0 Å². The lowest BCUT2D eigenvalue weighted by Crippen LogP contribution is -2.02. The molecule has 2 aromatic heterocycles. The molecular formula is C13H12N4OS. The standard InChI is InChI=1S/C13H12N4OS/c14-6-5-9-1-3-10(4-2-9)13-16-12(17-18-13)11-7-15-8-19-11/h1-4,7-8H,5-6,14H2. The van der Waals surface area contributed by atoms with E-state index in [1.165, 1.54) is 16.9 Å². The lowest BCUT2D eigenvalue weighted by Gasteiger charge is -1.98. The fourth-order valence-corrected chi connectivity index (χ4v) is 2.29. The van der Waals surface area contributed by atoms with Crippen molar-refractivity contribution in [1.82, 2.24) is 15.1 Å². The first-order valence-corrected chi connectivity index (χ1v) is 6.77. The van der Waals surface area contributed by atoms with Crippen LogP contribution in [-0.4, -0.2) is 21.7 Å². The van der Waals surface area contributed by atoms with Crippen molar-refractivity contribution < 1.29 is 4.52 Å². The molecular weight excluding hydrogens is 260 g/mol. The molecule has 0 aliphatic rings. The molecule has 3 aromatic rings. The number of nitrogens with zero attached hydrogens (tertiary/aromatic N) is 3. The Hall–Kier alpha value is -2.05. The summed E-state index contributed by atoms with van der Waals surface area (Å²) in [5.41, 5.74) is 9.37. The summed E-state index contributed by atoms with van der Waals surface area (Å²) in [6.45, 7) is 0.648. The molecule has 0 saturated carbocycles. The van der Waals surface area contributed by atoms with Crippen molar-refractivity contribution in [2.45, 2.75) is 6.42 Å². The van der Waals surface area contributed by atoms with E-state index in [4.69, 9.17) is 10.3 Å². The van der Waals surface area contributed by atoms with Crippen molar-refractivity contribution >= 4 is 11.3 Å². The van der Waals surface area contributed by atoms with E-state index in [2.05, 4.69) is 15.1 Å². The van der Waals surface area contributed by atoms with Crippen LogP contribution in [0.1, 0.15) is 5.56 Å². The third kappa shape index (κ3) is 2.54. The molecule has 0 aliphatic heterocycles.